The van der Waals surface area contributed by atoms with Crippen LogP contribution in [-0.2, 0) is 0 Å². The van der Waals surface area contributed by atoms with Crippen molar-refractivity contribution >= 4 is 23.1 Å². The van der Waals surface area contributed by atoms with E-state index in [0.29, 0.717) is 17.1 Å². The Morgan fingerprint density at radius 1 is 1.12 bits per heavy atom. The number of benzene rings is 1. The molecule has 1 amide bonds. The fourth-order valence-electron chi connectivity index (χ4n) is 1.88. The monoisotopic (exact) mass is 225 g/mol. The first-order chi connectivity index (χ1) is 8.24. The molecule has 0 saturated heterocycles. The van der Waals surface area contributed by atoms with Gasteiger partial charge in [-0.2, -0.15) is 0 Å². The summed E-state index contributed by atoms with van der Waals surface area (Å²) in [4.78, 5) is 16.2. The first-order valence-electron chi connectivity index (χ1n) is 5.38. The second-order valence-corrected chi connectivity index (χ2v) is 4.03. The number of nitrogens with one attached hydrogen (secondary N) is 2. The summed E-state index contributed by atoms with van der Waals surface area (Å²) in [5.41, 5.74) is 3.23. The Morgan fingerprint density at radius 2 is 2.00 bits per heavy atom. The van der Waals surface area contributed by atoms with Crippen molar-refractivity contribution in [2.24, 2.45) is 0 Å². The van der Waals surface area contributed by atoms with Gasteiger partial charge in [0.15, 0.2) is 5.82 Å². The summed E-state index contributed by atoms with van der Waals surface area (Å²) in [5.74, 6) is 0.560. The summed E-state index contributed by atoms with van der Waals surface area (Å²) in [6.07, 6.45) is 1.69. The van der Waals surface area contributed by atoms with Gasteiger partial charge >= 0.3 is 0 Å². The van der Waals surface area contributed by atoms with E-state index in [9.17, 15) is 4.79 Å². The highest BCUT2D eigenvalue weighted by Gasteiger charge is 2.18. The van der Waals surface area contributed by atoms with Crippen LogP contribution in [0.15, 0.2) is 36.5 Å². The van der Waals surface area contributed by atoms with Crippen LogP contribution in [0.5, 0.6) is 0 Å². The summed E-state index contributed by atoms with van der Waals surface area (Å²) in [6, 6.07) is 9.30. The third-order valence-corrected chi connectivity index (χ3v) is 2.73. The van der Waals surface area contributed by atoms with E-state index in [2.05, 4.69) is 15.6 Å². The van der Waals surface area contributed by atoms with E-state index in [1.165, 1.54) is 0 Å². The number of hydrogen-bond donors (Lipinski definition) is 2. The number of carbonyl (C=O) groups excluding carboxylic acids is 1. The summed E-state index contributed by atoms with van der Waals surface area (Å²) in [5, 5.41) is 6.01. The fourth-order valence-corrected chi connectivity index (χ4v) is 1.88. The van der Waals surface area contributed by atoms with Gasteiger partial charge in [0.2, 0.25) is 0 Å². The molecule has 0 unspecified atom stereocenters. The van der Waals surface area contributed by atoms with Gasteiger partial charge in [-0.1, -0.05) is 6.07 Å². The van der Waals surface area contributed by atoms with Crippen LogP contribution in [0.2, 0.25) is 0 Å². The Morgan fingerprint density at radius 3 is 2.88 bits per heavy atom. The van der Waals surface area contributed by atoms with Crippen molar-refractivity contribution in [1.82, 2.24) is 4.98 Å². The number of pyridine rings is 1. The third-order valence-electron chi connectivity index (χ3n) is 2.73. The Labute approximate surface area is 98.7 Å². The van der Waals surface area contributed by atoms with Crippen LogP contribution in [0, 0.1) is 6.92 Å². The van der Waals surface area contributed by atoms with Crippen molar-refractivity contribution in [2.45, 2.75) is 6.92 Å². The van der Waals surface area contributed by atoms with E-state index in [1.54, 1.807) is 12.3 Å². The molecule has 1 aromatic carbocycles. The molecular formula is C13H11N3O. The Balaban J connectivity index is 2.18. The number of amides is 1. The lowest BCUT2D eigenvalue weighted by Crippen LogP contribution is -2.10. The number of hydrogen-bond acceptors (Lipinski definition) is 3. The molecule has 2 aromatic rings. The topological polar surface area (TPSA) is 54.0 Å². The highest BCUT2D eigenvalue weighted by atomic mass is 16.1. The lowest BCUT2D eigenvalue weighted by atomic mass is 10.1. The van der Waals surface area contributed by atoms with Crippen LogP contribution in [0.25, 0.3) is 0 Å². The van der Waals surface area contributed by atoms with Crippen molar-refractivity contribution in [1.29, 1.82) is 0 Å². The SMILES string of the molecule is Cc1ccc2c(c1)Nc1ncccc1NC2=O. The number of anilines is 3. The summed E-state index contributed by atoms with van der Waals surface area (Å²) >= 11 is 0. The molecule has 84 valence electrons. The highest BCUT2D eigenvalue weighted by molar-refractivity contribution is 6.11. The van der Waals surface area contributed by atoms with Gasteiger partial charge in [0.05, 0.1) is 16.9 Å². The lowest BCUT2D eigenvalue weighted by Gasteiger charge is -2.07. The first-order valence-corrected chi connectivity index (χ1v) is 5.38. The largest absolute Gasteiger partial charge is 0.338 e. The average Bonchev–Trinajstić information content (AvgIpc) is 2.44. The van der Waals surface area contributed by atoms with Crippen LogP contribution >= 0.6 is 0 Å². The van der Waals surface area contributed by atoms with Crippen LogP contribution < -0.4 is 10.6 Å². The van der Waals surface area contributed by atoms with Crippen molar-refractivity contribution in [3.05, 3.63) is 47.7 Å². The summed E-state index contributed by atoms with van der Waals surface area (Å²) < 4.78 is 0. The molecule has 0 spiro atoms. The van der Waals surface area contributed by atoms with Crippen LogP contribution in [0.3, 0.4) is 0 Å². The number of fused-ring (bicyclic) bond motifs is 2. The molecule has 0 bridgehead atoms. The highest BCUT2D eigenvalue weighted by Crippen LogP contribution is 2.30. The molecular weight excluding hydrogens is 214 g/mol. The minimum atomic E-state index is -0.112. The smallest absolute Gasteiger partial charge is 0.257 e. The van der Waals surface area contributed by atoms with Crippen molar-refractivity contribution in [2.75, 3.05) is 10.6 Å². The van der Waals surface area contributed by atoms with E-state index >= 15 is 0 Å². The maximum atomic E-state index is 12.0. The normalized spacial score (nSPS) is 12.9. The number of carbonyl (C=O) groups is 1. The van der Waals surface area contributed by atoms with E-state index in [1.807, 2.05) is 31.2 Å². The van der Waals surface area contributed by atoms with Gasteiger partial charge in [0.25, 0.3) is 5.91 Å². The molecule has 0 aliphatic carbocycles. The van der Waals surface area contributed by atoms with Gasteiger partial charge in [-0.3, -0.25) is 4.79 Å². The molecule has 1 aliphatic heterocycles. The first kappa shape index (κ1) is 9.84. The maximum Gasteiger partial charge on any atom is 0.257 e. The molecule has 1 aromatic heterocycles. The van der Waals surface area contributed by atoms with E-state index in [0.717, 1.165) is 11.3 Å². The van der Waals surface area contributed by atoms with Gasteiger partial charge in [-0.25, -0.2) is 4.98 Å². The van der Waals surface area contributed by atoms with Gasteiger partial charge in [-0.05, 0) is 36.8 Å². The molecule has 0 radical (unpaired) electrons. The number of aryl methyl sites for hydroxylation is 1. The molecule has 2 heterocycles. The fraction of sp³-hybridized carbons (Fsp3) is 0.0769. The third kappa shape index (κ3) is 1.63. The molecule has 4 nitrogen and oxygen atoms in total. The second kappa shape index (κ2) is 3.59. The number of rotatable bonds is 0. The standard InChI is InChI=1S/C13H11N3O/c1-8-4-5-9-11(7-8)15-12-10(16-13(9)17)3-2-6-14-12/h2-7H,1H3,(H,14,15)(H,16,17). The zero-order valence-corrected chi connectivity index (χ0v) is 9.32. The maximum absolute atomic E-state index is 12.0. The molecule has 17 heavy (non-hydrogen) atoms. The van der Waals surface area contributed by atoms with Crippen LogP contribution in [0.4, 0.5) is 17.2 Å². The minimum Gasteiger partial charge on any atom is -0.338 e. The predicted octanol–water partition coefficient (Wildman–Crippen LogP) is 2.70. The van der Waals surface area contributed by atoms with Crippen molar-refractivity contribution in [3.8, 4) is 0 Å². The van der Waals surface area contributed by atoms with E-state index in [4.69, 9.17) is 0 Å². The Bertz CT molecular complexity index is 607. The summed E-state index contributed by atoms with van der Waals surface area (Å²) in [6.45, 7) is 1.99. The predicted molar refractivity (Wildman–Crippen MR) is 66.7 cm³/mol. The molecule has 0 saturated carbocycles. The van der Waals surface area contributed by atoms with Crippen molar-refractivity contribution < 1.29 is 4.79 Å². The zero-order valence-electron chi connectivity index (χ0n) is 9.32. The van der Waals surface area contributed by atoms with Gasteiger partial charge in [0, 0.05) is 6.20 Å². The minimum absolute atomic E-state index is 0.112. The van der Waals surface area contributed by atoms with Gasteiger partial charge < -0.3 is 10.6 Å². The average molecular weight is 225 g/mol. The van der Waals surface area contributed by atoms with Gasteiger partial charge in [0.1, 0.15) is 0 Å². The lowest BCUT2D eigenvalue weighted by molar-refractivity contribution is 0.102. The molecule has 0 fully saturated rings. The van der Waals surface area contributed by atoms with Gasteiger partial charge in [-0.15, -0.1) is 0 Å². The number of nitrogens with zero attached hydrogens (tertiary/aromatic N) is 1. The van der Waals surface area contributed by atoms with Crippen LogP contribution in [0.1, 0.15) is 15.9 Å². The Kier molecular flexibility index (Phi) is 2.08. The molecule has 4 heteroatoms. The quantitative estimate of drug-likeness (QED) is 0.724. The van der Waals surface area contributed by atoms with Crippen molar-refractivity contribution in [3.63, 3.8) is 0 Å². The van der Waals surface area contributed by atoms with E-state index < -0.39 is 0 Å². The second-order valence-electron chi connectivity index (χ2n) is 4.03. The van der Waals surface area contributed by atoms with E-state index in [-0.39, 0.29) is 5.91 Å². The van der Waals surface area contributed by atoms with Crippen LogP contribution in [-0.4, -0.2) is 10.9 Å². The number of aromatic nitrogens is 1. The molecule has 0 atom stereocenters. The Hall–Kier alpha value is -2.36. The molecule has 2 N–H and O–H groups in total. The molecule has 1 aliphatic rings. The summed E-state index contributed by atoms with van der Waals surface area (Å²) in [7, 11) is 0. The zero-order chi connectivity index (χ0) is 11.8. The molecule has 3 rings (SSSR count).